The Kier molecular flexibility index (Phi) is 6.68. The first-order chi connectivity index (χ1) is 9.95. The van der Waals surface area contributed by atoms with Gasteiger partial charge in [0.25, 0.3) is 0 Å². The zero-order valence-corrected chi connectivity index (χ0v) is 12.3. The highest BCUT2D eigenvalue weighted by molar-refractivity contribution is 5.82. The van der Waals surface area contributed by atoms with Crippen LogP contribution in [0, 0.1) is 0 Å². The number of aliphatic carboxylic acids is 1. The Labute approximate surface area is 124 Å². The van der Waals surface area contributed by atoms with Crippen LogP contribution in [0.2, 0.25) is 0 Å². The van der Waals surface area contributed by atoms with Crippen molar-refractivity contribution in [2.45, 2.75) is 38.9 Å². The average molecular weight is 294 g/mol. The van der Waals surface area contributed by atoms with Gasteiger partial charge in [0.1, 0.15) is 6.04 Å². The minimum absolute atomic E-state index is 0.0155. The molecule has 1 aromatic rings. The van der Waals surface area contributed by atoms with Gasteiger partial charge >= 0.3 is 12.0 Å². The summed E-state index contributed by atoms with van der Waals surface area (Å²) < 4.78 is 0. The summed E-state index contributed by atoms with van der Waals surface area (Å²) in [5.74, 6) is -1.15. The number of carbonyl (C=O) groups excluding carboxylic acids is 1. The molecule has 6 heteroatoms. The first kappa shape index (κ1) is 17.0. The molecular weight excluding hydrogens is 272 g/mol. The van der Waals surface area contributed by atoms with E-state index in [1.807, 2.05) is 44.2 Å². The molecule has 3 N–H and O–H groups in total. The number of nitrogens with zero attached hydrogens (tertiary/aromatic N) is 1. The molecular formula is C15H22N2O4. The lowest BCUT2D eigenvalue weighted by atomic mass is 10.2. The maximum Gasteiger partial charge on any atom is 0.326 e. The summed E-state index contributed by atoms with van der Waals surface area (Å²) >= 11 is 0. The van der Waals surface area contributed by atoms with E-state index in [-0.39, 0.29) is 19.1 Å². The minimum atomic E-state index is -1.15. The zero-order chi connectivity index (χ0) is 15.8. The van der Waals surface area contributed by atoms with Crippen molar-refractivity contribution in [3.8, 4) is 0 Å². The average Bonchev–Trinajstić information content (AvgIpc) is 2.44. The molecule has 1 aromatic carbocycles. The number of carboxylic acids is 1. The predicted octanol–water partition coefficient (Wildman–Crippen LogP) is 1.44. The standard InChI is InChI=1S/C15H22N2O4/c1-11(2)17(10-12-6-4-3-5-7-12)15(21)16-13(8-9-18)14(19)20/h3-7,11,13,18H,8-10H2,1-2H3,(H,16,21)(H,19,20). The molecule has 0 spiro atoms. The third-order valence-electron chi connectivity index (χ3n) is 3.09. The predicted molar refractivity (Wildman–Crippen MR) is 78.8 cm³/mol. The van der Waals surface area contributed by atoms with E-state index >= 15 is 0 Å². The fraction of sp³-hybridized carbons (Fsp3) is 0.467. The van der Waals surface area contributed by atoms with Gasteiger partial charge in [-0.1, -0.05) is 30.3 Å². The topological polar surface area (TPSA) is 89.9 Å². The number of nitrogens with one attached hydrogen (secondary N) is 1. The van der Waals surface area contributed by atoms with Gasteiger partial charge in [0.05, 0.1) is 0 Å². The summed E-state index contributed by atoms with van der Waals surface area (Å²) in [5, 5.41) is 20.3. The van der Waals surface area contributed by atoms with Crippen molar-refractivity contribution >= 4 is 12.0 Å². The maximum atomic E-state index is 12.2. The molecule has 0 radical (unpaired) electrons. The molecule has 0 aliphatic rings. The molecule has 0 aliphatic carbocycles. The lowest BCUT2D eigenvalue weighted by Gasteiger charge is -2.28. The second kappa shape index (κ2) is 8.26. The molecule has 0 heterocycles. The number of benzene rings is 1. The number of aliphatic hydroxyl groups excluding tert-OH is 1. The summed E-state index contributed by atoms with van der Waals surface area (Å²) in [5.41, 5.74) is 0.968. The summed E-state index contributed by atoms with van der Waals surface area (Å²) in [4.78, 5) is 24.8. The molecule has 0 fully saturated rings. The van der Waals surface area contributed by atoms with E-state index in [4.69, 9.17) is 10.2 Å². The van der Waals surface area contributed by atoms with Crippen LogP contribution in [0.4, 0.5) is 4.79 Å². The first-order valence-electron chi connectivity index (χ1n) is 6.90. The third kappa shape index (κ3) is 5.43. The van der Waals surface area contributed by atoms with Crippen LogP contribution >= 0.6 is 0 Å². The van der Waals surface area contributed by atoms with Crippen molar-refractivity contribution in [2.75, 3.05) is 6.61 Å². The first-order valence-corrected chi connectivity index (χ1v) is 6.90. The van der Waals surface area contributed by atoms with E-state index in [0.29, 0.717) is 6.54 Å². The summed E-state index contributed by atoms with van der Waals surface area (Å²) in [6, 6.07) is 7.87. The number of amides is 2. The summed E-state index contributed by atoms with van der Waals surface area (Å²) in [6.45, 7) is 3.84. The third-order valence-corrected chi connectivity index (χ3v) is 3.09. The van der Waals surface area contributed by atoms with E-state index in [9.17, 15) is 9.59 Å². The molecule has 0 aliphatic heterocycles. The Balaban J connectivity index is 2.75. The van der Waals surface area contributed by atoms with Gasteiger partial charge < -0.3 is 20.4 Å². The largest absolute Gasteiger partial charge is 0.480 e. The summed E-state index contributed by atoms with van der Waals surface area (Å²) in [6.07, 6.45) is -0.0155. The highest BCUT2D eigenvalue weighted by atomic mass is 16.4. The van der Waals surface area contributed by atoms with Crippen molar-refractivity contribution in [3.05, 3.63) is 35.9 Å². The van der Waals surface area contributed by atoms with Crippen LogP contribution in [0.15, 0.2) is 30.3 Å². The van der Waals surface area contributed by atoms with Crippen LogP contribution in [-0.4, -0.2) is 45.8 Å². The second-order valence-corrected chi connectivity index (χ2v) is 5.06. The van der Waals surface area contributed by atoms with Gasteiger partial charge in [-0.05, 0) is 19.4 Å². The van der Waals surface area contributed by atoms with Crippen molar-refractivity contribution < 1.29 is 19.8 Å². The smallest absolute Gasteiger partial charge is 0.326 e. The number of urea groups is 1. The van der Waals surface area contributed by atoms with Crippen molar-refractivity contribution in [2.24, 2.45) is 0 Å². The fourth-order valence-electron chi connectivity index (χ4n) is 1.89. The van der Waals surface area contributed by atoms with E-state index in [2.05, 4.69) is 5.32 Å². The Morgan fingerprint density at radius 2 is 1.86 bits per heavy atom. The van der Waals surface area contributed by atoms with Crippen molar-refractivity contribution in [1.82, 2.24) is 10.2 Å². The van der Waals surface area contributed by atoms with E-state index < -0.39 is 18.0 Å². The Hall–Kier alpha value is -2.08. The molecule has 21 heavy (non-hydrogen) atoms. The molecule has 1 atom stereocenters. The van der Waals surface area contributed by atoms with Crippen LogP contribution < -0.4 is 5.32 Å². The summed E-state index contributed by atoms with van der Waals surface area (Å²) in [7, 11) is 0. The molecule has 0 saturated carbocycles. The van der Waals surface area contributed by atoms with Gasteiger partial charge in [-0.25, -0.2) is 9.59 Å². The van der Waals surface area contributed by atoms with E-state index in [0.717, 1.165) is 5.56 Å². The van der Waals surface area contributed by atoms with E-state index in [1.54, 1.807) is 4.90 Å². The highest BCUT2D eigenvalue weighted by Crippen LogP contribution is 2.09. The van der Waals surface area contributed by atoms with Gasteiger partial charge in [-0.15, -0.1) is 0 Å². The Morgan fingerprint density at radius 1 is 1.24 bits per heavy atom. The van der Waals surface area contributed by atoms with Crippen LogP contribution in [0.25, 0.3) is 0 Å². The highest BCUT2D eigenvalue weighted by Gasteiger charge is 2.24. The molecule has 1 unspecified atom stereocenters. The molecule has 6 nitrogen and oxygen atoms in total. The SMILES string of the molecule is CC(C)N(Cc1ccccc1)C(=O)NC(CCO)C(=O)O. The normalized spacial score (nSPS) is 12.0. The zero-order valence-electron chi connectivity index (χ0n) is 12.3. The molecule has 1 rings (SSSR count). The number of aliphatic hydroxyl groups is 1. The molecule has 0 bridgehead atoms. The van der Waals surface area contributed by atoms with Gasteiger partial charge in [-0.3, -0.25) is 0 Å². The lowest BCUT2D eigenvalue weighted by molar-refractivity contribution is -0.139. The van der Waals surface area contributed by atoms with Gasteiger partial charge in [0.2, 0.25) is 0 Å². The lowest BCUT2D eigenvalue weighted by Crippen LogP contribution is -2.50. The van der Waals surface area contributed by atoms with E-state index in [1.165, 1.54) is 0 Å². The number of rotatable bonds is 7. The quantitative estimate of drug-likeness (QED) is 0.710. The second-order valence-electron chi connectivity index (χ2n) is 5.06. The van der Waals surface area contributed by atoms with Gasteiger partial charge in [0, 0.05) is 25.6 Å². The molecule has 2 amide bonds. The van der Waals surface area contributed by atoms with Crippen LogP contribution in [0.5, 0.6) is 0 Å². The minimum Gasteiger partial charge on any atom is -0.480 e. The fourth-order valence-corrected chi connectivity index (χ4v) is 1.89. The molecule has 0 aromatic heterocycles. The number of hydrogen-bond acceptors (Lipinski definition) is 3. The number of carboxylic acid groups (broad SMARTS) is 1. The number of hydrogen-bond donors (Lipinski definition) is 3. The van der Waals surface area contributed by atoms with Crippen LogP contribution in [0.1, 0.15) is 25.8 Å². The number of carbonyl (C=O) groups is 2. The van der Waals surface area contributed by atoms with Crippen LogP contribution in [-0.2, 0) is 11.3 Å². The Bertz CT molecular complexity index is 462. The molecule has 0 saturated heterocycles. The Morgan fingerprint density at radius 3 is 2.33 bits per heavy atom. The maximum absolute atomic E-state index is 12.2. The van der Waals surface area contributed by atoms with Crippen molar-refractivity contribution in [1.29, 1.82) is 0 Å². The van der Waals surface area contributed by atoms with Gasteiger partial charge in [0.15, 0.2) is 0 Å². The monoisotopic (exact) mass is 294 g/mol. The van der Waals surface area contributed by atoms with Crippen LogP contribution in [0.3, 0.4) is 0 Å². The molecule has 116 valence electrons. The van der Waals surface area contributed by atoms with Crippen molar-refractivity contribution in [3.63, 3.8) is 0 Å². The van der Waals surface area contributed by atoms with Gasteiger partial charge in [-0.2, -0.15) is 0 Å².